The molecule has 2 fully saturated rings. The number of carbonyl (C=O) groups is 2. The lowest BCUT2D eigenvalue weighted by molar-refractivity contribution is -0.117. The molecule has 1 atom stereocenters. The van der Waals surface area contributed by atoms with Crippen LogP contribution in [0, 0.1) is 11.8 Å². The molecule has 1 aromatic carbocycles. The van der Waals surface area contributed by atoms with E-state index in [1.165, 1.54) is 6.42 Å². The maximum atomic E-state index is 12.5. The van der Waals surface area contributed by atoms with Crippen molar-refractivity contribution >= 4 is 23.2 Å². The van der Waals surface area contributed by atoms with Gasteiger partial charge >= 0.3 is 0 Å². The van der Waals surface area contributed by atoms with Crippen molar-refractivity contribution in [2.24, 2.45) is 17.6 Å². The second kappa shape index (κ2) is 9.22. The zero-order valence-corrected chi connectivity index (χ0v) is 16.3. The quantitative estimate of drug-likeness (QED) is 0.716. The minimum Gasteiger partial charge on any atom is -0.371 e. The summed E-state index contributed by atoms with van der Waals surface area (Å²) in [4.78, 5) is 26.6. The summed E-state index contributed by atoms with van der Waals surface area (Å²) in [5, 5.41) is 6.40. The number of nitrogens with one attached hydrogen (secondary N) is 2. The molecule has 148 valence electrons. The van der Waals surface area contributed by atoms with Crippen LogP contribution in [-0.2, 0) is 4.79 Å². The lowest BCUT2D eigenvalue weighted by atomic mass is 9.84. The van der Waals surface area contributed by atoms with Gasteiger partial charge in [-0.1, -0.05) is 6.92 Å². The Morgan fingerprint density at radius 2 is 1.93 bits per heavy atom. The SMILES string of the molecule is CC(CC(=O)Nc1ccc(C(N)=O)c(N2CCCCC2)c1)C1CCNCC1. The van der Waals surface area contributed by atoms with Gasteiger partial charge in [0.25, 0.3) is 5.91 Å². The van der Waals surface area contributed by atoms with Gasteiger partial charge in [0.1, 0.15) is 0 Å². The van der Waals surface area contributed by atoms with E-state index in [4.69, 9.17) is 5.73 Å². The van der Waals surface area contributed by atoms with Crippen LogP contribution >= 0.6 is 0 Å². The third kappa shape index (κ3) is 5.22. The number of nitrogens with zero attached hydrogens (tertiary/aromatic N) is 1. The van der Waals surface area contributed by atoms with Crippen LogP contribution in [0.25, 0.3) is 0 Å². The third-order valence-electron chi connectivity index (χ3n) is 5.94. The second-order valence-corrected chi connectivity index (χ2v) is 7.96. The lowest BCUT2D eigenvalue weighted by Crippen LogP contribution is -2.32. The summed E-state index contributed by atoms with van der Waals surface area (Å²) >= 11 is 0. The van der Waals surface area contributed by atoms with E-state index in [2.05, 4.69) is 22.5 Å². The molecule has 2 heterocycles. The third-order valence-corrected chi connectivity index (χ3v) is 5.94. The Morgan fingerprint density at radius 1 is 1.22 bits per heavy atom. The molecule has 2 aliphatic heterocycles. The highest BCUT2D eigenvalue weighted by Gasteiger charge is 2.23. The number of anilines is 2. The summed E-state index contributed by atoms with van der Waals surface area (Å²) in [5.74, 6) is 0.599. The minimum atomic E-state index is -0.423. The van der Waals surface area contributed by atoms with Crippen molar-refractivity contribution in [2.45, 2.75) is 45.4 Å². The molecule has 3 rings (SSSR count). The molecule has 6 heteroatoms. The smallest absolute Gasteiger partial charge is 0.250 e. The van der Waals surface area contributed by atoms with Gasteiger partial charge < -0.3 is 21.3 Å². The van der Waals surface area contributed by atoms with Crippen LogP contribution in [0.1, 0.15) is 55.8 Å². The fourth-order valence-electron chi connectivity index (χ4n) is 4.30. The monoisotopic (exact) mass is 372 g/mol. The summed E-state index contributed by atoms with van der Waals surface area (Å²) in [6, 6.07) is 5.41. The highest BCUT2D eigenvalue weighted by molar-refractivity contribution is 6.00. The van der Waals surface area contributed by atoms with E-state index in [0.717, 1.165) is 63.2 Å². The first-order valence-electron chi connectivity index (χ1n) is 10.2. The number of hydrogen-bond donors (Lipinski definition) is 3. The first-order chi connectivity index (χ1) is 13.0. The fraction of sp³-hybridized carbons (Fsp3) is 0.619. The highest BCUT2D eigenvalue weighted by Crippen LogP contribution is 2.29. The van der Waals surface area contributed by atoms with Gasteiger partial charge in [0.05, 0.1) is 11.3 Å². The summed E-state index contributed by atoms with van der Waals surface area (Å²) in [6.07, 6.45) is 6.25. The average molecular weight is 373 g/mol. The van der Waals surface area contributed by atoms with E-state index < -0.39 is 5.91 Å². The van der Waals surface area contributed by atoms with E-state index in [0.29, 0.717) is 23.8 Å². The van der Waals surface area contributed by atoms with Crippen molar-refractivity contribution in [1.29, 1.82) is 0 Å². The first kappa shape index (κ1) is 19.7. The van der Waals surface area contributed by atoms with Gasteiger partial charge in [-0.2, -0.15) is 0 Å². The number of amides is 2. The predicted octanol–water partition coefficient (Wildman–Crippen LogP) is 2.74. The number of carbonyl (C=O) groups excluding carboxylic acids is 2. The Morgan fingerprint density at radius 3 is 2.59 bits per heavy atom. The molecule has 2 amide bonds. The van der Waals surface area contributed by atoms with E-state index in [9.17, 15) is 9.59 Å². The summed E-state index contributed by atoms with van der Waals surface area (Å²) in [5.41, 5.74) is 7.67. The zero-order valence-electron chi connectivity index (χ0n) is 16.3. The molecule has 2 aliphatic rings. The fourth-order valence-corrected chi connectivity index (χ4v) is 4.30. The molecule has 4 N–H and O–H groups in total. The molecule has 6 nitrogen and oxygen atoms in total. The van der Waals surface area contributed by atoms with Gasteiger partial charge in [0.15, 0.2) is 0 Å². The van der Waals surface area contributed by atoms with Crippen molar-refractivity contribution in [3.05, 3.63) is 23.8 Å². The number of rotatable bonds is 6. The Kier molecular flexibility index (Phi) is 6.72. The van der Waals surface area contributed by atoms with Gasteiger partial charge in [-0.05, 0) is 75.2 Å². The second-order valence-electron chi connectivity index (χ2n) is 7.96. The van der Waals surface area contributed by atoms with Crippen LogP contribution in [0.15, 0.2) is 18.2 Å². The number of hydrogen-bond acceptors (Lipinski definition) is 4. The Hall–Kier alpha value is -2.08. The Bertz CT molecular complexity index is 664. The molecule has 0 aliphatic carbocycles. The molecular formula is C21H32N4O2. The Labute approximate surface area is 161 Å². The zero-order chi connectivity index (χ0) is 19.2. The van der Waals surface area contributed by atoms with Gasteiger partial charge in [-0.3, -0.25) is 9.59 Å². The van der Waals surface area contributed by atoms with Crippen LogP contribution in [0.5, 0.6) is 0 Å². The van der Waals surface area contributed by atoms with E-state index in [-0.39, 0.29) is 5.91 Å². The largest absolute Gasteiger partial charge is 0.371 e. The number of benzene rings is 1. The highest BCUT2D eigenvalue weighted by atomic mass is 16.2. The molecule has 0 spiro atoms. The molecule has 2 saturated heterocycles. The lowest BCUT2D eigenvalue weighted by Gasteiger charge is -2.30. The van der Waals surface area contributed by atoms with Crippen LogP contribution in [0.4, 0.5) is 11.4 Å². The topological polar surface area (TPSA) is 87.5 Å². The van der Waals surface area contributed by atoms with Crippen molar-refractivity contribution < 1.29 is 9.59 Å². The van der Waals surface area contributed by atoms with Crippen LogP contribution < -0.4 is 21.3 Å². The molecule has 0 aromatic heterocycles. The van der Waals surface area contributed by atoms with Crippen molar-refractivity contribution in [1.82, 2.24) is 5.32 Å². The van der Waals surface area contributed by atoms with Crippen LogP contribution in [0.2, 0.25) is 0 Å². The van der Waals surface area contributed by atoms with Crippen LogP contribution in [0.3, 0.4) is 0 Å². The summed E-state index contributed by atoms with van der Waals surface area (Å²) in [7, 11) is 0. The van der Waals surface area contributed by atoms with E-state index in [1.807, 2.05) is 6.07 Å². The first-order valence-corrected chi connectivity index (χ1v) is 10.2. The molecule has 1 aromatic rings. The van der Waals surface area contributed by atoms with Gasteiger partial charge in [0, 0.05) is 25.2 Å². The van der Waals surface area contributed by atoms with Gasteiger partial charge in [-0.25, -0.2) is 0 Å². The normalized spacial score (nSPS) is 19.5. The van der Waals surface area contributed by atoms with Gasteiger partial charge in [0.2, 0.25) is 5.91 Å². The van der Waals surface area contributed by atoms with E-state index in [1.54, 1.807) is 12.1 Å². The summed E-state index contributed by atoms with van der Waals surface area (Å²) in [6.45, 7) is 6.11. The summed E-state index contributed by atoms with van der Waals surface area (Å²) < 4.78 is 0. The minimum absolute atomic E-state index is 0.0393. The average Bonchev–Trinajstić information content (AvgIpc) is 2.69. The Balaban J connectivity index is 1.66. The molecule has 0 bridgehead atoms. The van der Waals surface area contributed by atoms with Crippen molar-refractivity contribution in [3.63, 3.8) is 0 Å². The molecule has 0 saturated carbocycles. The molecule has 0 radical (unpaired) electrons. The molecular weight excluding hydrogens is 340 g/mol. The number of nitrogens with two attached hydrogens (primary N) is 1. The predicted molar refractivity (Wildman–Crippen MR) is 109 cm³/mol. The van der Waals surface area contributed by atoms with Crippen molar-refractivity contribution in [2.75, 3.05) is 36.4 Å². The standard InChI is InChI=1S/C21H32N4O2/c1-15(16-7-9-23-10-8-16)13-20(26)24-17-5-6-18(21(22)27)19(14-17)25-11-3-2-4-12-25/h5-6,14-16,23H,2-4,7-13H2,1H3,(H2,22,27)(H,24,26). The number of primary amides is 1. The van der Waals surface area contributed by atoms with Crippen molar-refractivity contribution in [3.8, 4) is 0 Å². The molecule has 27 heavy (non-hydrogen) atoms. The maximum absolute atomic E-state index is 12.5. The maximum Gasteiger partial charge on any atom is 0.250 e. The van der Waals surface area contributed by atoms with Crippen LogP contribution in [-0.4, -0.2) is 38.0 Å². The van der Waals surface area contributed by atoms with Gasteiger partial charge in [-0.15, -0.1) is 0 Å². The number of piperidine rings is 2. The molecule has 1 unspecified atom stereocenters. The van der Waals surface area contributed by atoms with E-state index >= 15 is 0 Å².